The van der Waals surface area contributed by atoms with Crippen LogP contribution in [0.1, 0.15) is 12.5 Å². The first kappa shape index (κ1) is 18.9. The first-order valence-corrected chi connectivity index (χ1v) is 8.79. The van der Waals surface area contributed by atoms with E-state index in [2.05, 4.69) is 31.1 Å². The molecule has 2 amide bonds. The number of carbonyl (C=O) groups is 2. The van der Waals surface area contributed by atoms with Gasteiger partial charge in [0.2, 0.25) is 0 Å². The zero-order chi connectivity index (χ0) is 19.2. The maximum Gasteiger partial charge on any atom is 0.313 e. The zero-order valence-electron chi connectivity index (χ0n) is 15.4. The van der Waals surface area contributed by atoms with Gasteiger partial charge in [-0.05, 0) is 42.0 Å². The van der Waals surface area contributed by atoms with Gasteiger partial charge in [-0.25, -0.2) is 4.68 Å². The molecule has 27 heavy (non-hydrogen) atoms. The molecule has 0 spiro atoms. The molecular weight excluding hydrogens is 350 g/mol. The summed E-state index contributed by atoms with van der Waals surface area (Å²) in [5.74, 6) is -1.38. The van der Waals surface area contributed by atoms with Crippen LogP contribution in [0.25, 0.3) is 5.69 Å². The van der Waals surface area contributed by atoms with E-state index in [1.807, 2.05) is 19.9 Å². The van der Waals surface area contributed by atoms with Crippen molar-refractivity contribution in [2.24, 2.45) is 0 Å². The molecule has 1 atom stereocenters. The quantitative estimate of drug-likeness (QED) is 0.695. The van der Waals surface area contributed by atoms with Crippen LogP contribution in [0.3, 0.4) is 0 Å². The molecule has 0 radical (unpaired) electrons. The summed E-state index contributed by atoms with van der Waals surface area (Å²) in [6.45, 7) is 7.50. The Bertz CT molecular complexity index is 788. The molecule has 1 aliphatic rings. The molecule has 3 rings (SSSR count). The number of nitrogens with zero attached hydrogens (tertiary/aromatic N) is 5. The standard InChI is InChI=1S/C17H23N7O3/c1-12-3-4-14(9-15(12)24-11-18-21-22-24)20-17(26)16(25)19-13(2)10-23-5-7-27-8-6-23/h3-4,9,11,13H,5-8,10H2,1-2H3,(H,19,25)(H,20,26)/t13-/m0/s1. The molecule has 0 saturated carbocycles. The van der Waals surface area contributed by atoms with Gasteiger partial charge in [0.1, 0.15) is 6.33 Å². The van der Waals surface area contributed by atoms with Crippen molar-refractivity contribution in [1.29, 1.82) is 0 Å². The van der Waals surface area contributed by atoms with Crippen LogP contribution >= 0.6 is 0 Å². The highest BCUT2D eigenvalue weighted by atomic mass is 16.5. The Kier molecular flexibility index (Phi) is 6.09. The Morgan fingerprint density at radius 2 is 2.04 bits per heavy atom. The molecule has 2 N–H and O–H groups in total. The van der Waals surface area contributed by atoms with Gasteiger partial charge < -0.3 is 15.4 Å². The van der Waals surface area contributed by atoms with E-state index in [-0.39, 0.29) is 6.04 Å². The Labute approximate surface area is 156 Å². The molecule has 0 unspecified atom stereocenters. The molecule has 0 aliphatic carbocycles. The smallest absolute Gasteiger partial charge is 0.313 e. The summed E-state index contributed by atoms with van der Waals surface area (Å²) in [4.78, 5) is 26.6. The third-order valence-electron chi connectivity index (χ3n) is 4.28. The van der Waals surface area contributed by atoms with Gasteiger partial charge in [0, 0.05) is 31.4 Å². The SMILES string of the molecule is Cc1ccc(NC(=O)C(=O)N[C@@H](C)CN2CCOCC2)cc1-n1cnnn1. The van der Waals surface area contributed by atoms with Crippen LogP contribution in [0, 0.1) is 6.92 Å². The second kappa shape index (κ2) is 8.69. The number of anilines is 1. The van der Waals surface area contributed by atoms with Crippen molar-refractivity contribution in [3.63, 3.8) is 0 Å². The number of hydrogen-bond donors (Lipinski definition) is 2. The van der Waals surface area contributed by atoms with Gasteiger partial charge in [-0.2, -0.15) is 0 Å². The van der Waals surface area contributed by atoms with Gasteiger partial charge in [0.25, 0.3) is 0 Å². The number of amides is 2. The number of tetrazole rings is 1. The lowest BCUT2D eigenvalue weighted by Gasteiger charge is -2.29. The highest BCUT2D eigenvalue weighted by Crippen LogP contribution is 2.18. The number of hydrogen-bond acceptors (Lipinski definition) is 7. The summed E-state index contributed by atoms with van der Waals surface area (Å²) in [5.41, 5.74) is 2.15. The number of ether oxygens (including phenoxy) is 1. The van der Waals surface area contributed by atoms with Crippen LogP contribution in [0.5, 0.6) is 0 Å². The molecule has 1 aliphatic heterocycles. The third-order valence-corrected chi connectivity index (χ3v) is 4.28. The van der Waals surface area contributed by atoms with Crippen LogP contribution in [-0.4, -0.2) is 75.8 Å². The predicted molar refractivity (Wildman–Crippen MR) is 97.4 cm³/mol. The second-order valence-corrected chi connectivity index (χ2v) is 6.50. The molecule has 1 fully saturated rings. The minimum absolute atomic E-state index is 0.142. The minimum Gasteiger partial charge on any atom is -0.379 e. The van der Waals surface area contributed by atoms with Gasteiger partial charge in [0.05, 0.1) is 18.9 Å². The van der Waals surface area contributed by atoms with E-state index < -0.39 is 11.8 Å². The first-order valence-electron chi connectivity index (χ1n) is 8.79. The highest BCUT2D eigenvalue weighted by Gasteiger charge is 2.19. The minimum atomic E-state index is -0.713. The van der Waals surface area contributed by atoms with Gasteiger partial charge in [0.15, 0.2) is 0 Å². The molecule has 144 valence electrons. The highest BCUT2D eigenvalue weighted by molar-refractivity contribution is 6.39. The predicted octanol–water partition coefficient (Wildman–Crippen LogP) is -0.254. The van der Waals surface area contributed by atoms with Gasteiger partial charge in [-0.1, -0.05) is 6.07 Å². The summed E-state index contributed by atoms with van der Waals surface area (Å²) >= 11 is 0. The average molecular weight is 373 g/mol. The molecule has 2 heterocycles. The Morgan fingerprint density at radius 1 is 1.26 bits per heavy atom. The lowest BCUT2D eigenvalue weighted by molar-refractivity contribution is -0.136. The van der Waals surface area contributed by atoms with E-state index in [4.69, 9.17) is 4.74 Å². The lowest BCUT2D eigenvalue weighted by Crippen LogP contribution is -2.48. The maximum absolute atomic E-state index is 12.2. The van der Waals surface area contributed by atoms with E-state index >= 15 is 0 Å². The number of benzene rings is 1. The van der Waals surface area contributed by atoms with E-state index in [0.717, 1.165) is 24.3 Å². The molecular formula is C17H23N7O3. The number of aryl methyl sites for hydroxylation is 1. The number of nitrogens with one attached hydrogen (secondary N) is 2. The van der Waals surface area contributed by atoms with Gasteiger partial charge in [-0.3, -0.25) is 14.5 Å². The molecule has 1 aromatic carbocycles. The Balaban J connectivity index is 1.56. The van der Waals surface area contributed by atoms with Crippen LogP contribution in [0.2, 0.25) is 0 Å². The van der Waals surface area contributed by atoms with Crippen LogP contribution < -0.4 is 10.6 Å². The van der Waals surface area contributed by atoms with Crippen molar-refractivity contribution < 1.29 is 14.3 Å². The largest absolute Gasteiger partial charge is 0.379 e. The second-order valence-electron chi connectivity index (χ2n) is 6.50. The maximum atomic E-state index is 12.2. The van der Waals surface area contributed by atoms with Crippen molar-refractivity contribution in [1.82, 2.24) is 30.4 Å². The summed E-state index contributed by atoms with van der Waals surface area (Å²) in [6.07, 6.45) is 1.47. The summed E-state index contributed by atoms with van der Waals surface area (Å²) in [6, 6.07) is 5.13. The van der Waals surface area contributed by atoms with Crippen LogP contribution in [-0.2, 0) is 14.3 Å². The Hall–Kier alpha value is -2.85. The third kappa shape index (κ3) is 5.08. The topological polar surface area (TPSA) is 114 Å². The van der Waals surface area contributed by atoms with E-state index in [9.17, 15) is 9.59 Å². The number of carbonyl (C=O) groups excluding carboxylic acids is 2. The molecule has 10 nitrogen and oxygen atoms in total. The van der Waals surface area contributed by atoms with Crippen molar-refractivity contribution in [3.8, 4) is 5.69 Å². The van der Waals surface area contributed by atoms with Crippen molar-refractivity contribution in [3.05, 3.63) is 30.1 Å². The number of rotatable bonds is 5. The molecule has 2 aromatic rings. The fraction of sp³-hybridized carbons (Fsp3) is 0.471. The fourth-order valence-corrected chi connectivity index (χ4v) is 2.90. The normalized spacial score (nSPS) is 15.9. The van der Waals surface area contributed by atoms with Gasteiger partial charge >= 0.3 is 11.8 Å². The van der Waals surface area contributed by atoms with Crippen LogP contribution in [0.4, 0.5) is 5.69 Å². The summed E-state index contributed by atoms with van der Waals surface area (Å²) < 4.78 is 6.80. The van der Waals surface area contributed by atoms with Crippen LogP contribution in [0.15, 0.2) is 24.5 Å². The van der Waals surface area contributed by atoms with E-state index in [1.165, 1.54) is 11.0 Å². The van der Waals surface area contributed by atoms with Gasteiger partial charge in [-0.15, -0.1) is 5.10 Å². The summed E-state index contributed by atoms with van der Waals surface area (Å²) in [7, 11) is 0. The van der Waals surface area contributed by atoms with Crippen molar-refractivity contribution in [2.75, 3.05) is 38.2 Å². The molecule has 10 heteroatoms. The van der Waals surface area contributed by atoms with E-state index in [1.54, 1.807) is 12.1 Å². The average Bonchev–Trinajstić information content (AvgIpc) is 3.18. The zero-order valence-corrected chi connectivity index (χ0v) is 15.4. The number of aromatic nitrogens is 4. The van der Waals surface area contributed by atoms with E-state index in [0.29, 0.717) is 25.4 Å². The first-order chi connectivity index (χ1) is 13.0. The Morgan fingerprint density at radius 3 is 2.74 bits per heavy atom. The van der Waals surface area contributed by atoms with Crippen molar-refractivity contribution >= 4 is 17.5 Å². The summed E-state index contributed by atoms with van der Waals surface area (Å²) in [5, 5.41) is 16.4. The van der Waals surface area contributed by atoms with Crippen molar-refractivity contribution in [2.45, 2.75) is 19.9 Å². The molecule has 0 bridgehead atoms. The molecule has 1 saturated heterocycles. The lowest BCUT2D eigenvalue weighted by atomic mass is 10.2. The number of morpholine rings is 1. The fourth-order valence-electron chi connectivity index (χ4n) is 2.90. The molecule has 1 aromatic heterocycles. The monoisotopic (exact) mass is 373 g/mol.